The standard InChI is InChI=1S/C15H17N3O3/c1-9-14(10(2)18(3)17-9)16-15(19)13-8-20-11-6-4-5-7-12(11)21-13/h4-7,13H,8H2,1-3H3,(H,16,19)/t13-/m1/s1. The van der Waals surface area contributed by atoms with E-state index in [0.29, 0.717) is 11.5 Å². The fourth-order valence-electron chi connectivity index (χ4n) is 2.31. The van der Waals surface area contributed by atoms with Crippen LogP contribution in [0.25, 0.3) is 0 Å². The minimum absolute atomic E-state index is 0.196. The fourth-order valence-corrected chi connectivity index (χ4v) is 2.31. The number of aryl methyl sites for hydroxylation is 2. The van der Waals surface area contributed by atoms with Gasteiger partial charge < -0.3 is 14.8 Å². The van der Waals surface area contributed by atoms with Crippen LogP contribution < -0.4 is 14.8 Å². The predicted molar refractivity (Wildman–Crippen MR) is 77.7 cm³/mol. The van der Waals surface area contributed by atoms with Gasteiger partial charge in [-0.15, -0.1) is 0 Å². The molecule has 0 fully saturated rings. The molecule has 1 aliphatic heterocycles. The molecule has 1 amide bonds. The van der Waals surface area contributed by atoms with Gasteiger partial charge >= 0.3 is 0 Å². The van der Waals surface area contributed by atoms with E-state index in [9.17, 15) is 4.79 Å². The molecule has 1 atom stereocenters. The maximum atomic E-state index is 12.3. The molecule has 0 saturated carbocycles. The lowest BCUT2D eigenvalue weighted by atomic mass is 10.2. The van der Waals surface area contributed by atoms with E-state index in [1.165, 1.54) is 0 Å². The van der Waals surface area contributed by atoms with Crippen molar-refractivity contribution in [3.05, 3.63) is 35.7 Å². The Morgan fingerprint density at radius 1 is 1.33 bits per heavy atom. The molecule has 6 heteroatoms. The number of nitrogens with zero attached hydrogens (tertiary/aromatic N) is 2. The summed E-state index contributed by atoms with van der Waals surface area (Å²) in [4.78, 5) is 12.3. The van der Waals surface area contributed by atoms with Crippen LogP contribution in [0.2, 0.25) is 0 Å². The van der Waals surface area contributed by atoms with Gasteiger partial charge in [-0.2, -0.15) is 5.10 Å². The van der Waals surface area contributed by atoms with Gasteiger partial charge in [0.2, 0.25) is 6.10 Å². The summed E-state index contributed by atoms with van der Waals surface area (Å²) in [5.41, 5.74) is 2.41. The van der Waals surface area contributed by atoms with Crippen LogP contribution in [0.15, 0.2) is 24.3 Å². The molecule has 1 aromatic heterocycles. The maximum Gasteiger partial charge on any atom is 0.269 e. The van der Waals surface area contributed by atoms with Gasteiger partial charge in [-0.1, -0.05) is 12.1 Å². The Balaban J connectivity index is 1.75. The Kier molecular flexibility index (Phi) is 3.29. The van der Waals surface area contributed by atoms with E-state index in [-0.39, 0.29) is 12.5 Å². The molecule has 6 nitrogen and oxygen atoms in total. The first kappa shape index (κ1) is 13.5. The van der Waals surface area contributed by atoms with Crippen molar-refractivity contribution >= 4 is 11.6 Å². The minimum atomic E-state index is -0.668. The van der Waals surface area contributed by atoms with E-state index in [1.807, 2.05) is 39.1 Å². The number of nitrogens with one attached hydrogen (secondary N) is 1. The quantitative estimate of drug-likeness (QED) is 0.915. The summed E-state index contributed by atoms with van der Waals surface area (Å²) in [5.74, 6) is 1.02. The Hall–Kier alpha value is -2.50. The van der Waals surface area contributed by atoms with E-state index in [0.717, 1.165) is 17.1 Å². The number of fused-ring (bicyclic) bond motifs is 1. The van der Waals surface area contributed by atoms with Crippen LogP contribution in [0.1, 0.15) is 11.4 Å². The average Bonchev–Trinajstić information content (AvgIpc) is 2.73. The number of hydrogen-bond acceptors (Lipinski definition) is 4. The SMILES string of the molecule is Cc1nn(C)c(C)c1NC(=O)[C@H]1COc2ccccc2O1. The highest BCUT2D eigenvalue weighted by atomic mass is 16.6. The zero-order valence-electron chi connectivity index (χ0n) is 12.2. The molecule has 0 spiro atoms. The number of rotatable bonds is 2. The second-order valence-electron chi connectivity index (χ2n) is 5.02. The number of carbonyl (C=O) groups excluding carboxylic acids is 1. The summed E-state index contributed by atoms with van der Waals surface area (Å²) >= 11 is 0. The van der Waals surface area contributed by atoms with Crippen molar-refractivity contribution in [1.82, 2.24) is 9.78 Å². The Bertz CT molecular complexity index is 693. The van der Waals surface area contributed by atoms with Gasteiger partial charge in [0.25, 0.3) is 5.91 Å². The zero-order chi connectivity index (χ0) is 15.0. The molecule has 0 saturated heterocycles. The van der Waals surface area contributed by atoms with Crippen molar-refractivity contribution in [2.75, 3.05) is 11.9 Å². The molecule has 1 N–H and O–H groups in total. The largest absolute Gasteiger partial charge is 0.485 e. The Morgan fingerprint density at radius 2 is 2.05 bits per heavy atom. The maximum absolute atomic E-state index is 12.3. The van der Waals surface area contributed by atoms with Gasteiger partial charge in [0, 0.05) is 7.05 Å². The van der Waals surface area contributed by atoms with Crippen molar-refractivity contribution in [2.45, 2.75) is 20.0 Å². The molecule has 21 heavy (non-hydrogen) atoms. The zero-order valence-corrected chi connectivity index (χ0v) is 12.2. The van der Waals surface area contributed by atoms with E-state index >= 15 is 0 Å². The smallest absolute Gasteiger partial charge is 0.269 e. The molecular weight excluding hydrogens is 270 g/mol. The van der Waals surface area contributed by atoms with E-state index in [4.69, 9.17) is 9.47 Å². The molecule has 0 aliphatic carbocycles. The van der Waals surface area contributed by atoms with Crippen molar-refractivity contribution in [1.29, 1.82) is 0 Å². The minimum Gasteiger partial charge on any atom is -0.485 e. The topological polar surface area (TPSA) is 65.4 Å². The number of aromatic nitrogens is 2. The molecule has 0 radical (unpaired) electrons. The van der Waals surface area contributed by atoms with Crippen LogP contribution in [0.5, 0.6) is 11.5 Å². The molecule has 1 aromatic carbocycles. The first-order valence-electron chi connectivity index (χ1n) is 6.76. The van der Waals surface area contributed by atoms with Crippen molar-refractivity contribution in [3.8, 4) is 11.5 Å². The third kappa shape index (κ3) is 2.44. The third-order valence-electron chi connectivity index (χ3n) is 3.56. The number of para-hydroxylation sites is 2. The average molecular weight is 287 g/mol. The number of ether oxygens (including phenoxy) is 2. The fraction of sp³-hybridized carbons (Fsp3) is 0.333. The molecule has 1 aliphatic rings. The van der Waals surface area contributed by atoms with Gasteiger partial charge in [-0.3, -0.25) is 9.48 Å². The van der Waals surface area contributed by atoms with Crippen molar-refractivity contribution < 1.29 is 14.3 Å². The summed E-state index contributed by atoms with van der Waals surface area (Å²) in [5, 5.41) is 7.15. The van der Waals surface area contributed by atoms with Gasteiger partial charge in [-0.05, 0) is 26.0 Å². The van der Waals surface area contributed by atoms with Crippen LogP contribution in [0.4, 0.5) is 5.69 Å². The van der Waals surface area contributed by atoms with Gasteiger partial charge in [-0.25, -0.2) is 0 Å². The lowest BCUT2D eigenvalue weighted by Gasteiger charge is -2.25. The highest BCUT2D eigenvalue weighted by Gasteiger charge is 2.28. The second kappa shape index (κ2) is 5.12. The van der Waals surface area contributed by atoms with Gasteiger partial charge in [0.05, 0.1) is 17.1 Å². The van der Waals surface area contributed by atoms with Crippen LogP contribution >= 0.6 is 0 Å². The Labute approximate surface area is 122 Å². The first-order chi connectivity index (χ1) is 10.1. The lowest BCUT2D eigenvalue weighted by Crippen LogP contribution is -2.40. The highest BCUT2D eigenvalue weighted by molar-refractivity contribution is 5.95. The summed E-state index contributed by atoms with van der Waals surface area (Å²) in [6.45, 7) is 3.96. The van der Waals surface area contributed by atoms with Crippen LogP contribution in [-0.4, -0.2) is 28.4 Å². The van der Waals surface area contributed by atoms with Crippen LogP contribution in [-0.2, 0) is 11.8 Å². The monoisotopic (exact) mass is 287 g/mol. The molecule has 0 bridgehead atoms. The predicted octanol–water partition coefficient (Wildman–Crippen LogP) is 1.82. The number of amides is 1. The van der Waals surface area contributed by atoms with Crippen LogP contribution in [0.3, 0.4) is 0 Å². The van der Waals surface area contributed by atoms with E-state index < -0.39 is 6.10 Å². The number of benzene rings is 1. The van der Waals surface area contributed by atoms with E-state index in [1.54, 1.807) is 10.7 Å². The van der Waals surface area contributed by atoms with Crippen LogP contribution in [0, 0.1) is 13.8 Å². The number of anilines is 1. The molecule has 2 aromatic rings. The second-order valence-corrected chi connectivity index (χ2v) is 5.02. The summed E-state index contributed by atoms with van der Waals surface area (Å²) < 4.78 is 13.0. The molecule has 0 unspecified atom stereocenters. The molecule has 3 rings (SSSR count). The highest BCUT2D eigenvalue weighted by Crippen LogP contribution is 2.31. The summed E-state index contributed by atoms with van der Waals surface area (Å²) in [7, 11) is 1.84. The lowest BCUT2D eigenvalue weighted by molar-refractivity contribution is -0.125. The van der Waals surface area contributed by atoms with Gasteiger partial charge in [0.15, 0.2) is 11.5 Å². The van der Waals surface area contributed by atoms with Crippen molar-refractivity contribution in [3.63, 3.8) is 0 Å². The Morgan fingerprint density at radius 3 is 2.71 bits per heavy atom. The summed E-state index contributed by atoms with van der Waals surface area (Å²) in [6, 6.07) is 7.32. The van der Waals surface area contributed by atoms with Crippen molar-refractivity contribution in [2.24, 2.45) is 7.05 Å². The number of hydrogen-bond donors (Lipinski definition) is 1. The normalized spacial score (nSPS) is 16.6. The third-order valence-corrected chi connectivity index (χ3v) is 3.56. The van der Waals surface area contributed by atoms with Gasteiger partial charge in [0.1, 0.15) is 6.61 Å². The first-order valence-corrected chi connectivity index (χ1v) is 6.76. The summed E-state index contributed by atoms with van der Waals surface area (Å²) in [6.07, 6.45) is -0.668. The molecular formula is C15H17N3O3. The molecule has 2 heterocycles. The van der Waals surface area contributed by atoms with E-state index in [2.05, 4.69) is 10.4 Å². The number of carbonyl (C=O) groups is 1. The molecule has 110 valence electrons.